The summed E-state index contributed by atoms with van der Waals surface area (Å²) in [7, 11) is 0. The maximum Gasteiger partial charge on any atom is 0.150 e. The van der Waals surface area contributed by atoms with Crippen LogP contribution < -0.4 is 4.74 Å². The van der Waals surface area contributed by atoms with Crippen molar-refractivity contribution in [3.8, 4) is 11.5 Å². The quantitative estimate of drug-likeness (QED) is 0.632. The van der Waals surface area contributed by atoms with Crippen molar-refractivity contribution in [2.45, 2.75) is 0 Å². The Balaban J connectivity index is 2.14. The lowest BCUT2D eigenvalue weighted by Crippen LogP contribution is -1.85. The molecular formula is C13H9IO2. The van der Waals surface area contributed by atoms with E-state index in [1.165, 1.54) is 3.57 Å². The Kier molecular flexibility index (Phi) is 3.56. The minimum Gasteiger partial charge on any atom is -0.457 e. The molecule has 3 heteroatoms. The van der Waals surface area contributed by atoms with E-state index < -0.39 is 0 Å². The first-order valence-corrected chi connectivity index (χ1v) is 5.84. The standard InChI is InChI=1S/C13H9IO2/c14-11-3-7-13(8-4-11)16-12-5-1-10(9-15)2-6-12/h1-9H. The summed E-state index contributed by atoms with van der Waals surface area (Å²) < 4.78 is 6.78. The molecule has 0 fully saturated rings. The lowest BCUT2D eigenvalue weighted by molar-refractivity contribution is 0.112. The normalized spacial score (nSPS) is 9.81. The summed E-state index contributed by atoms with van der Waals surface area (Å²) in [5.41, 5.74) is 0.648. The van der Waals surface area contributed by atoms with E-state index in [-0.39, 0.29) is 0 Å². The molecule has 0 bridgehead atoms. The molecule has 0 saturated carbocycles. The fourth-order valence-electron chi connectivity index (χ4n) is 1.25. The van der Waals surface area contributed by atoms with Gasteiger partial charge in [0.25, 0.3) is 0 Å². The number of halogens is 1. The molecule has 0 aliphatic carbocycles. The van der Waals surface area contributed by atoms with Gasteiger partial charge in [0.05, 0.1) is 0 Å². The van der Waals surface area contributed by atoms with Crippen LogP contribution in [0.1, 0.15) is 10.4 Å². The number of carbonyl (C=O) groups excluding carboxylic acids is 1. The lowest BCUT2D eigenvalue weighted by Gasteiger charge is -2.05. The molecule has 2 aromatic rings. The van der Waals surface area contributed by atoms with Crippen LogP contribution in [0.3, 0.4) is 0 Å². The molecule has 0 unspecified atom stereocenters. The van der Waals surface area contributed by atoms with Gasteiger partial charge in [-0.15, -0.1) is 0 Å². The highest BCUT2D eigenvalue weighted by molar-refractivity contribution is 14.1. The minimum atomic E-state index is 0.648. The molecule has 0 atom stereocenters. The van der Waals surface area contributed by atoms with Gasteiger partial charge < -0.3 is 4.74 Å². The topological polar surface area (TPSA) is 26.3 Å². The summed E-state index contributed by atoms with van der Waals surface area (Å²) in [5.74, 6) is 1.52. The van der Waals surface area contributed by atoms with E-state index in [0.29, 0.717) is 5.56 Å². The average Bonchev–Trinajstić information content (AvgIpc) is 2.33. The Morgan fingerprint density at radius 2 is 1.38 bits per heavy atom. The van der Waals surface area contributed by atoms with Crippen molar-refractivity contribution in [1.29, 1.82) is 0 Å². The monoisotopic (exact) mass is 324 g/mol. The highest BCUT2D eigenvalue weighted by Gasteiger charge is 1.97. The van der Waals surface area contributed by atoms with Gasteiger partial charge in [0.1, 0.15) is 17.8 Å². The fourth-order valence-corrected chi connectivity index (χ4v) is 1.61. The van der Waals surface area contributed by atoms with Gasteiger partial charge in [-0.3, -0.25) is 4.79 Å². The Morgan fingerprint density at radius 1 is 0.875 bits per heavy atom. The molecule has 0 N–H and O–H groups in total. The summed E-state index contributed by atoms with van der Waals surface area (Å²) >= 11 is 2.24. The van der Waals surface area contributed by atoms with Crippen LogP contribution in [0.5, 0.6) is 11.5 Å². The van der Waals surface area contributed by atoms with Gasteiger partial charge in [-0.05, 0) is 71.1 Å². The van der Waals surface area contributed by atoms with Crippen molar-refractivity contribution in [1.82, 2.24) is 0 Å². The molecule has 0 amide bonds. The molecule has 0 spiro atoms. The Morgan fingerprint density at radius 3 is 1.88 bits per heavy atom. The van der Waals surface area contributed by atoms with E-state index in [0.717, 1.165) is 17.8 Å². The predicted octanol–water partition coefficient (Wildman–Crippen LogP) is 3.90. The molecule has 0 aliphatic rings. The molecule has 0 saturated heterocycles. The van der Waals surface area contributed by atoms with Crippen molar-refractivity contribution in [2.24, 2.45) is 0 Å². The van der Waals surface area contributed by atoms with Gasteiger partial charge in [0.2, 0.25) is 0 Å². The summed E-state index contributed by atoms with van der Waals surface area (Å²) in [5, 5.41) is 0. The second-order valence-corrected chi connectivity index (χ2v) is 4.49. The molecule has 0 heterocycles. The highest BCUT2D eigenvalue weighted by Crippen LogP contribution is 2.22. The van der Waals surface area contributed by atoms with Gasteiger partial charge in [0.15, 0.2) is 0 Å². The largest absolute Gasteiger partial charge is 0.457 e. The summed E-state index contributed by atoms with van der Waals surface area (Å²) in [4.78, 5) is 10.5. The zero-order valence-corrected chi connectivity index (χ0v) is 10.5. The van der Waals surface area contributed by atoms with Gasteiger partial charge in [-0.1, -0.05) is 0 Å². The molecule has 0 aliphatic heterocycles. The molecule has 0 radical (unpaired) electrons. The summed E-state index contributed by atoms with van der Waals surface area (Å²) in [6, 6.07) is 14.8. The van der Waals surface area contributed by atoms with Crippen LogP contribution in [0.25, 0.3) is 0 Å². The van der Waals surface area contributed by atoms with E-state index in [1.807, 2.05) is 24.3 Å². The number of hydrogen-bond acceptors (Lipinski definition) is 2. The van der Waals surface area contributed by atoms with Crippen LogP contribution in [0.2, 0.25) is 0 Å². The zero-order chi connectivity index (χ0) is 11.4. The molecule has 16 heavy (non-hydrogen) atoms. The van der Waals surface area contributed by atoms with Gasteiger partial charge in [-0.2, -0.15) is 0 Å². The van der Waals surface area contributed by atoms with Gasteiger partial charge in [0, 0.05) is 9.13 Å². The first-order chi connectivity index (χ1) is 7.78. The number of carbonyl (C=O) groups is 1. The second kappa shape index (κ2) is 5.12. The Bertz CT molecular complexity index is 474. The minimum absolute atomic E-state index is 0.648. The molecule has 2 aromatic carbocycles. The third-order valence-electron chi connectivity index (χ3n) is 2.07. The van der Waals surface area contributed by atoms with Crippen LogP contribution in [0, 0.1) is 3.57 Å². The van der Waals surface area contributed by atoms with Crippen molar-refractivity contribution < 1.29 is 9.53 Å². The van der Waals surface area contributed by atoms with Crippen molar-refractivity contribution in [3.05, 3.63) is 57.7 Å². The first-order valence-electron chi connectivity index (χ1n) is 4.76. The van der Waals surface area contributed by atoms with Crippen LogP contribution in [-0.4, -0.2) is 6.29 Å². The van der Waals surface area contributed by atoms with Crippen LogP contribution in [0.15, 0.2) is 48.5 Å². The molecule has 0 aromatic heterocycles. The van der Waals surface area contributed by atoms with Crippen molar-refractivity contribution >= 4 is 28.9 Å². The predicted molar refractivity (Wildman–Crippen MR) is 71.1 cm³/mol. The highest BCUT2D eigenvalue weighted by atomic mass is 127. The van der Waals surface area contributed by atoms with Gasteiger partial charge in [-0.25, -0.2) is 0 Å². The molecule has 2 rings (SSSR count). The molecule has 2 nitrogen and oxygen atoms in total. The maximum absolute atomic E-state index is 10.5. The maximum atomic E-state index is 10.5. The number of hydrogen-bond donors (Lipinski definition) is 0. The average molecular weight is 324 g/mol. The van der Waals surface area contributed by atoms with E-state index in [9.17, 15) is 4.79 Å². The van der Waals surface area contributed by atoms with Crippen LogP contribution in [-0.2, 0) is 0 Å². The third kappa shape index (κ3) is 2.82. The third-order valence-corrected chi connectivity index (χ3v) is 2.78. The molecular weight excluding hydrogens is 315 g/mol. The Labute approximate surface area is 107 Å². The van der Waals surface area contributed by atoms with E-state index in [4.69, 9.17) is 4.74 Å². The molecule has 80 valence electrons. The van der Waals surface area contributed by atoms with Crippen LogP contribution in [0.4, 0.5) is 0 Å². The van der Waals surface area contributed by atoms with E-state index in [2.05, 4.69) is 22.6 Å². The Hall–Kier alpha value is -1.36. The zero-order valence-electron chi connectivity index (χ0n) is 8.39. The second-order valence-electron chi connectivity index (χ2n) is 3.24. The van der Waals surface area contributed by atoms with E-state index in [1.54, 1.807) is 24.3 Å². The van der Waals surface area contributed by atoms with Crippen LogP contribution >= 0.6 is 22.6 Å². The first kappa shape index (κ1) is 11.1. The van der Waals surface area contributed by atoms with Crippen molar-refractivity contribution in [3.63, 3.8) is 0 Å². The van der Waals surface area contributed by atoms with Gasteiger partial charge >= 0.3 is 0 Å². The van der Waals surface area contributed by atoms with Crippen molar-refractivity contribution in [2.75, 3.05) is 0 Å². The number of aldehydes is 1. The number of ether oxygens (including phenoxy) is 1. The smallest absolute Gasteiger partial charge is 0.150 e. The van der Waals surface area contributed by atoms with E-state index >= 15 is 0 Å². The lowest BCUT2D eigenvalue weighted by atomic mass is 10.2. The fraction of sp³-hybridized carbons (Fsp3) is 0. The number of rotatable bonds is 3. The summed E-state index contributed by atoms with van der Waals surface area (Å²) in [6.45, 7) is 0. The summed E-state index contributed by atoms with van der Waals surface area (Å²) in [6.07, 6.45) is 0.814. The number of benzene rings is 2. The SMILES string of the molecule is O=Cc1ccc(Oc2ccc(I)cc2)cc1.